The Labute approximate surface area is 175 Å². The van der Waals surface area contributed by atoms with Crippen molar-refractivity contribution in [1.82, 2.24) is 4.90 Å². The van der Waals surface area contributed by atoms with Crippen molar-refractivity contribution in [2.45, 2.75) is 32.4 Å². The minimum absolute atomic E-state index is 0.0850. The van der Waals surface area contributed by atoms with Gasteiger partial charge < -0.3 is 10.2 Å². The quantitative estimate of drug-likeness (QED) is 0.623. The number of nitrogens with zero attached hydrogens (tertiary/aromatic N) is 1. The first-order valence-corrected chi connectivity index (χ1v) is 10.1. The summed E-state index contributed by atoms with van der Waals surface area (Å²) in [5.41, 5.74) is 4.18. The molecule has 0 bridgehead atoms. The van der Waals surface area contributed by atoms with Crippen molar-refractivity contribution < 1.29 is 14.0 Å². The Hall–Kier alpha value is -3.47. The lowest BCUT2D eigenvalue weighted by atomic mass is 10.0. The van der Waals surface area contributed by atoms with E-state index in [1.54, 1.807) is 23.1 Å². The topological polar surface area (TPSA) is 49.4 Å². The maximum absolute atomic E-state index is 13.5. The van der Waals surface area contributed by atoms with Crippen LogP contribution in [0.15, 0.2) is 72.8 Å². The summed E-state index contributed by atoms with van der Waals surface area (Å²) in [7, 11) is 0. The summed E-state index contributed by atoms with van der Waals surface area (Å²) in [5, 5.41) is 2.94. The lowest BCUT2D eigenvalue weighted by Crippen LogP contribution is -2.32. The molecule has 1 aliphatic rings. The second-order valence-corrected chi connectivity index (χ2v) is 7.46. The van der Waals surface area contributed by atoms with E-state index in [0.717, 1.165) is 28.8 Å². The predicted octanol–water partition coefficient (Wildman–Crippen LogP) is 5.11. The van der Waals surface area contributed by atoms with Gasteiger partial charge in [-0.15, -0.1) is 0 Å². The van der Waals surface area contributed by atoms with Gasteiger partial charge >= 0.3 is 0 Å². The van der Waals surface area contributed by atoms with Crippen LogP contribution in [0.1, 0.15) is 46.4 Å². The van der Waals surface area contributed by atoms with Crippen LogP contribution >= 0.6 is 0 Å². The third kappa shape index (κ3) is 4.10. The van der Waals surface area contributed by atoms with Crippen LogP contribution < -0.4 is 5.32 Å². The average Bonchev–Trinajstić information content (AvgIpc) is 3.09. The first kappa shape index (κ1) is 19.8. The van der Waals surface area contributed by atoms with E-state index in [9.17, 15) is 14.0 Å². The van der Waals surface area contributed by atoms with Crippen LogP contribution in [-0.2, 0) is 17.8 Å². The number of carbonyl (C=O) groups excluding carboxylic acids is 2. The maximum Gasteiger partial charge on any atom is 0.255 e. The fourth-order valence-corrected chi connectivity index (χ4v) is 3.88. The van der Waals surface area contributed by atoms with E-state index >= 15 is 0 Å². The SMILES string of the molecule is CCc1cccc(NC(=O)C[C@H](c2ccc(F)cc2)N2Cc3ccccc3C2=O)c1. The number of hydrogen-bond acceptors (Lipinski definition) is 2. The maximum atomic E-state index is 13.5. The van der Waals surface area contributed by atoms with Crippen molar-refractivity contribution in [1.29, 1.82) is 0 Å². The van der Waals surface area contributed by atoms with Gasteiger partial charge in [-0.05, 0) is 53.4 Å². The van der Waals surface area contributed by atoms with Crippen molar-refractivity contribution in [3.63, 3.8) is 0 Å². The molecular weight excluding hydrogens is 379 g/mol. The van der Waals surface area contributed by atoms with Gasteiger partial charge in [-0.2, -0.15) is 0 Å². The van der Waals surface area contributed by atoms with E-state index in [1.165, 1.54) is 12.1 Å². The van der Waals surface area contributed by atoms with Gasteiger partial charge in [0.1, 0.15) is 5.82 Å². The zero-order valence-electron chi connectivity index (χ0n) is 16.8. The zero-order chi connectivity index (χ0) is 21.1. The summed E-state index contributed by atoms with van der Waals surface area (Å²) in [5.74, 6) is -0.656. The van der Waals surface area contributed by atoms with Crippen molar-refractivity contribution in [3.05, 3.63) is 101 Å². The molecule has 30 heavy (non-hydrogen) atoms. The van der Waals surface area contributed by atoms with E-state index in [0.29, 0.717) is 12.1 Å². The number of halogens is 1. The highest BCUT2D eigenvalue weighted by atomic mass is 19.1. The second kappa shape index (κ2) is 8.49. The third-order valence-electron chi connectivity index (χ3n) is 5.48. The van der Waals surface area contributed by atoms with E-state index in [1.807, 2.05) is 42.5 Å². The summed E-state index contributed by atoms with van der Waals surface area (Å²) in [6.07, 6.45) is 0.962. The number of carbonyl (C=O) groups is 2. The Morgan fingerprint density at radius 2 is 1.83 bits per heavy atom. The fourth-order valence-electron chi connectivity index (χ4n) is 3.88. The molecule has 1 N–H and O–H groups in total. The number of benzene rings is 3. The normalized spacial score (nSPS) is 13.8. The highest BCUT2D eigenvalue weighted by Gasteiger charge is 2.34. The molecule has 0 aliphatic carbocycles. The monoisotopic (exact) mass is 402 g/mol. The molecular formula is C25H23FN2O2. The Kier molecular flexibility index (Phi) is 5.61. The van der Waals surface area contributed by atoms with Crippen LogP contribution in [-0.4, -0.2) is 16.7 Å². The van der Waals surface area contributed by atoms with E-state index in [2.05, 4.69) is 12.2 Å². The molecule has 1 aliphatic heterocycles. The first-order valence-electron chi connectivity index (χ1n) is 10.1. The minimum Gasteiger partial charge on any atom is -0.327 e. The molecule has 0 aromatic heterocycles. The molecule has 2 amide bonds. The predicted molar refractivity (Wildman–Crippen MR) is 115 cm³/mol. The Morgan fingerprint density at radius 3 is 2.57 bits per heavy atom. The van der Waals surface area contributed by atoms with Crippen LogP contribution in [0.5, 0.6) is 0 Å². The highest BCUT2D eigenvalue weighted by Crippen LogP contribution is 2.33. The van der Waals surface area contributed by atoms with Crippen molar-refractivity contribution in [2.24, 2.45) is 0 Å². The highest BCUT2D eigenvalue weighted by molar-refractivity contribution is 5.99. The molecule has 0 unspecified atom stereocenters. The Bertz CT molecular complexity index is 1080. The zero-order valence-corrected chi connectivity index (χ0v) is 16.8. The molecule has 1 heterocycles. The van der Waals surface area contributed by atoms with E-state index < -0.39 is 6.04 Å². The Balaban J connectivity index is 1.59. The largest absolute Gasteiger partial charge is 0.327 e. The summed E-state index contributed by atoms with van der Waals surface area (Å²) in [6.45, 7) is 2.48. The summed E-state index contributed by atoms with van der Waals surface area (Å²) in [4.78, 5) is 27.6. The molecule has 3 aromatic rings. The molecule has 0 spiro atoms. The number of aryl methyl sites for hydroxylation is 1. The van der Waals surface area contributed by atoms with Gasteiger partial charge in [-0.3, -0.25) is 9.59 Å². The third-order valence-corrected chi connectivity index (χ3v) is 5.48. The van der Waals surface area contributed by atoms with Crippen LogP contribution in [0.2, 0.25) is 0 Å². The molecule has 3 aromatic carbocycles. The fraction of sp³-hybridized carbons (Fsp3) is 0.200. The van der Waals surface area contributed by atoms with Crippen LogP contribution in [0.25, 0.3) is 0 Å². The van der Waals surface area contributed by atoms with Gasteiger partial charge in [-0.1, -0.05) is 49.4 Å². The lowest BCUT2D eigenvalue weighted by Gasteiger charge is -2.28. The molecule has 4 nitrogen and oxygen atoms in total. The van der Waals surface area contributed by atoms with Crippen molar-refractivity contribution >= 4 is 17.5 Å². The van der Waals surface area contributed by atoms with Gasteiger partial charge in [0.2, 0.25) is 5.91 Å². The number of hydrogen-bond donors (Lipinski definition) is 1. The van der Waals surface area contributed by atoms with Crippen LogP contribution in [0, 0.1) is 5.82 Å². The molecule has 0 saturated carbocycles. The smallest absolute Gasteiger partial charge is 0.255 e. The number of fused-ring (bicyclic) bond motifs is 1. The summed E-state index contributed by atoms with van der Waals surface area (Å²) in [6, 6.07) is 20.7. The van der Waals surface area contributed by atoms with Crippen molar-refractivity contribution in [2.75, 3.05) is 5.32 Å². The molecule has 4 rings (SSSR count). The first-order chi connectivity index (χ1) is 14.5. The molecule has 0 fully saturated rings. The van der Waals surface area contributed by atoms with Gasteiger partial charge in [0.25, 0.3) is 5.91 Å². The van der Waals surface area contributed by atoms with E-state index in [-0.39, 0.29) is 24.1 Å². The summed E-state index contributed by atoms with van der Waals surface area (Å²) >= 11 is 0. The molecule has 0 saturated heterocycles. The molecule has 152 valence electrons. The lowest BCUT2D eigenvalue weighted by molar-refractivity contribution is -0.117. The van der Waals surface area contributed by atoms with Gasteiger partial charge in [0, 0.05) is 17.8 Å². The average molecular weight is 402 g/mol. The standard InChI is InChI=1S/C25H23FN2O2/c1-2-17-6-5-8-21(14-17)27-24(29)15-23(18-10-12-20(26)13-11-18)28-16-19-7-3-4-9-22(19)25(28)30/h3-14,23H,2,15-16H2,1H3,(H,27,29)/t23-/m1/s1. The number of rotatable bonds is 6. The van der Waals surface area contributed by atoms with Gasteiger partial charge in [-0.25, -0.2) is 4.39 Å². The number of amides is 2. The van der Waals surface area contributed by atoms with Gasteiger partial charge in [0.05, 0.1) is 12.5 Å². The number of anilines is 1. The van der Waals surface area contributed by atoms with Crippen LogP contribution in [0.4, 0.5) is 10.1 Å². The van der Waals surface area contributed by atoms with Gasteiger partial charge in [0.15, 0.2) is 0 Å². The van der Waals surface area contributed by atoms with E-state index in [4.69, 9.17) is 0 Å². The molecule has 5 heteroatoms. The molecule has 0 radical (unpaired) electrons. The van der Waals surface area contributed by atoms with Crippen molar-refractivity contribution in [3.8, 4) is 0 Å². The van der Waals surface area contributed by atoms with Crippen LogP contribution in [0.3, 0.4) is 0 Å². The summed E-state index contributed by atoms with van der Waals surface area (Å²) < 4.78 is 13.5. The minimum atomic E-state index is -0.486. The Morgan fingerprint density at radius 1 is 1.07 bits per heavy atom. The number of nitrogens with one attached hydrogen (secondary N) is 1. The molecule has 1 atom stereocenters. The second-order valence-electron chi connectivity index (χ2n) is 7.46.